The van der Waals surface area contributed by atoms with Crippen LogP contribution in [-0.2, 0) is 5.41 Å². The van der Waals surface area contributed by atoms with Crippen LogP contribution in [0.5, 0.6) is 5.75 Å². The number of aromatic nitrogens is 1. The average Bonchev–Trinajstić information content (AvgIpc) is 3.13. The number of ether oxygens (including phenoxy) is 1. The van der Waals surface area contributed by atoms with Crippen LogP contribution in [0.2, 0.25) is 0 Å². The van der Waals surface area contributed by atoms with E-state index in [9.17, 15) is 10.1 Å². The van der Waals surface area contributed by atoms with Crippen molar-refractivity contribution in [3.63, 3.8) is 0 Å². The van der Waals surface area contributed by atoms with Crippen molar-refractivity contribution >= 4 is 16.7 Å². The topological polar surface area (TPSA) is 77.9 Å². The molecule has 2 heterocycles. The van der Waals surface area contributed by atoms with E-state index in [1.807, 2.05) is 30.3 Å². The maximum atomic E-state index is 13.5. The number of carbonyl (C=O) groups excluding carboxylic acids is 1. The first-order valence-electron chi connectivity index (χ1n) is 10.1. The van der Waals surface area contributed by atoms with Crippen LogP contribution in [0.25, 0.3) is 10.9 Å². The highest BCUT2D eigenvalue weighted by Crippen LogP contribution is 2.44. The monoisotopic (exact) mass is 385 g/mol. The van der Waals surface area contributed by atoms with Crippen molar-refractivity contribution in [3.8, 4) is 11.8 Å². The van der Waals surface area contributed by atoms with Gasteiger partial charge in [0.2, 0.25) is 0 Å². The Balaban J connectivity index is 1.61. The minimum atomic E-state index is -0.350. The zero-order valence-corrected chi connectivity index (χ0v) is 16.6. The maximum absolute atomic E-state index is 13.5. The highest BCUT2D eigenvalue weighted by atomic mass is 16.5. The summed E-state index contributed by atoms with van der Waals surface area (Å²) in [7, 11) is 0. The number of nitrogens with zero attached hydrogens (tertiary/aromatic N) is 1. The van der Waals surface area contributed by atoms with Gasteiger partial charge in [-0.05, 0) is 55.8 Å². The standard InChI is InChI=1S/C24H23N3O2/c1-24(2)19-6-4-16(29-15-7-9-26-10-8-15)12-18(19)22(28)21-17-5-3-14(13-25)11-20(17)27-23(21)24/h3-6,11-12,15,26-27H,7-10H2,1-2H3. The van der Waals surface area contributed by atoms with Crippen LogP contribution < -0.4 is 10.1 Å². The van der Waals surface area contributed by atoms with E-state index in [0.29, 0.717) is 16.7 Å². The summed E-state index contributed by atoms with van der Waals surface area (Å²) >= 11 is 0. The fraction of sp³-hybridized carbons (Fsp3) is 0.333. The first kappa shape index (κ1) is 18.0. The Bertz CT molecular complexity index is 1180. The van der Waals surface area contributed by atoms with Gasteiger partial charge in [-0.15, -0.1) is 0 Å². The molecule has 0 bridgehead atoms. The smallest absolute Gasteiger partial charge is 0.195 e. The van der Waals surface area contributed by atoms with Crippen molar-refractivity contribution in [3.05, 3.63) is 64.3 Å². The Morgan fingerprint density at radius 2 is 1.93 bits per heavy atom. The third-order valence-electron chi connectivity index (χ3n) is 6.28. The number of hydrogen-bond donors (Lipinski definition) is 2. The molecule has 2 N–H and O–H groups in total. The molecule has 1 aliphatic carbocycles. The van der Waals surface area contributed by atoms with Crippen LogP contribution in [-0.4, -0.2) is 30.0 Å². The molecule has 5 rings (SSSR count). The molecule has 0 atom stereocenters. The van der Waals surface area contributed by atoms with Crippen LogP contribution in [0.15, 0.2) is 36.4 Å². The Morgan fingerprint density at radius 1 is 1.14 bits per heavy atom. The van der Waals surface area contributed by atoms with Crippen molar-refractivity contribution in [2.45, 2.75) is 38.2 Å². The van der Waals surface area contributed by atoms with Gasteiger partial charge in [-0.25, -0.2) is 0 Å². The lowest BCUT2D eigenvalue weighted by Gasteiger charge is -2.32. The van der Waals surface area contributed by atoms with Gasteiger partial charge >= 0.3 is 0 Å². The number of benzene rings is 2. The lowest BCUT2D eigenvalue weighted by Crippen LogP contribution is -2.34. The van der Waals surface area contributed by atoms with Crippen LogP contribution in [0, 0.1) is 11.3 Å². The molecule has 0 unspecified atom stereocenters. The normalized spacial score (nSPS) is 18.2. The molecule has 0 amide bonds. The third kappa shape index (κ3) is 2.75. The van der Waals surface area contributed by atoms with E-state index < -0.39 is 0 Å². The molecule has 1 fully saturated rings. The van der Waals surface area contributed by atoms with E-state index in [0.717, 1.165) is 53.8 Å². The number of rotatable bonds is 2. The molecule has 1 saturated heterocycles. The van der Waals surface area contributed by atoms with Gasteiger partial charge in [0, 0.05) is 27.6 Å². The van der Waals surface area contributed by atoms with Crippen molar-refractivity contribution in [1.82, 2.24) is 10.3 Å². The van der Waals surface area contributed by atoms with E-state index in [1.165, 1.54) is 0 Å². The lowest BCUT2D eigenvalue weighted by atomic mass is 9.71. The SMILES string of the molecule is CC1(C)c2ccc(OC3CCNCC3)cc2C(=O)c2c1[nH]c1cc(C#N)ccc21. The van der Waals surface area contributed by atoms with Gasteiger partial charge in [-0.1, -0.05) is 26.0 Å². The fourth-order valence-corrected chi connectivity index (χ4v) is 4.68. The number of fused-ring (bicyclic) bond motifs is 4. The number of nitrogens with one attached hydrogen (secondary N) is 2. The summed E-state index contributed by atoms with van der Waals surface area (Å²) in [6.07, 6.45) is 2.14. The van der Waals surface area contributed by atoms with Crippen molar-refractivity contribution in [1.29, 1.82) is 5.26 Å². The van der Waals surface area contributed by atoms with E-state index in [-0.39, 0.29) is 17.3 Å². The highest BCUT2D eigenvalue weighted by molar-refractivity contribution is 6.20. The molecule has 5 nitrogen and oxygen atoms in total. The second kappa shape index (κ2) is 6.47. The molecule has 1 aliphatic heterocycles. The zero-order valence-electron chi connectivity index (χ0n) is 16.6. The second-order valence-corrected chi connectivity index (χ2v) is 8.48. The van der Waals surface area contributed by atoms with Gasteiger partial charge in [0.1, 0.15) is 11.9 Å². The largest absolute Gasteiger partial charge is 0.490 e. The number of H-pyrrole nitrogens is 1. The molecule has 0 saturated carbocycles. The Labute approximate surface area is 169 Å². The summed E-state index contributed by atoms with van der Waals surface area (Å²) in [4.78, 5) is 16.9. The van der Waals surface area contributed by atoms with Gasteiger partial charge in [0.25, 0.3) is 0 Å². The van der Waals surface area contributed by atoms with Gasteiger partial charge in [-0.2, -0.15) is 5.26 Å². The van der Waals surface area contributed by atoms with Crippen LogP contribution in [0.3, 0.4) is 0 Å². The van der Waals surface area contributed by atoms with Crippen LogP contribution >= 0.6 is 0 Å². The van der Waals surface area contributed by atoms with Gasteiger partial charge in [0.15, 0.2) is 5.78 Å². The van der Waals surface area contributed by atoms with E-state index in [2.05, 4.69) is 30.2 Å². The molecular weight excluding hydrogens is 362 g/mol. The molecule has 29 heavy (non-hydrogen) atoms. The summed E-state index contributed by atoms with van der Waals surface area (Å²) in [5.41, 5.74) is 4.38. The third-order valence-corrected chi connectivity index (χ3v) is 6.28. The molecule has 1 aromatic heterocycles. The molecular formula is C24H23N3O2. The molecule has 3 aromatic rings. The Kier molecular flexibility index (Phi) is 4.01. The molecule has 2 aliphatic rings. The molecule has 5 heteroatoms. The van der Waals surface area contributed by atoms with Gasteiger partial charge in [0.05, 0.1) is 17.2 Å². The van der Waals surface area contributed by atoms with Gasteiger partial charge in [-0.3, -0.25) is 4.79 Å². The van der Waals surface area contributed by atoms with E-state index in [4.69, 9.17) is 4.74 Å². The van der Waals surface area contributed by atoms with Crippen LogP contribution in [0.1, 0.15) is 59.4 Å². The minimum absolute atomic E-state index is 0.0149. The van der Waals surface area contributed by atoms with Gasteiger partial charge < -0.3 is 15.0 Å². The summed E-state index contributed by atoms with van der Waals surface area (Å²) in [5.74, 6) is 0.774. The average molecular weight is 385 g/mol. The second-order valence-electron chi connectivity index (χ2n) is 8.48. The van der Waals surface area contributed by atoms with Crippen molar-refractivity contribution in [2.75, 3.05) is 13.1 Å². The summed E-state index contributed by atoms with van der Waals surface area (Å²) in [6, 6.07) is 13.5. The summed E-state index contributed by atoms with van der Waals surface area (Å²) in [6.45, 7) is 6.19. The highest BCUT2D eigenvalue weighted by Gasteiger charge is 2.39. The predicted octanol–water partition coefficient (Wildman–Crippen LogP) is 4.04. The Hall–Kier alpha value is -3.10. The number of piperidine rings is 1. The van der Waals surface area contributed by atoms with Crippen molar-refractivity contribution in [2.24, 2.45) is 0 Å². The summed E-state index contributed by atoms with van der Waals surface area (Å²) < 4.78 is 6.19. The van der Waals surface area contributed by atoms with Crippen molar-refractivity contribution < 1.29 is 9.53 Å². The number of ketones is 1. The Morgan fingerprint density at radius 3 is 2.69 bits per heavy atom. The quantitative estimate of drug-likeness (QED) is 0.698. The lowest BCUT2D eigenvalue weighted by molar-refractivity contribution is 0.103. The first-order valence-corrected chi connectivity index (χ1v) is 10.1. The van der Waals surface area contributed by atoms with E-state index >= 15 is 0 Å². The number of nitriles is 1. The van der Waals surface area contributed by atoms with E-state index in [1.54, 1.807) is 6.07 Å². The predicted molar refractivity (Wildman–Crippen MR) is 112 cm³/mol. The molecule has 2 aromatic carbocycles. The zero-order chi connectivity index (χ0) is 20.2. The minimum Gasteiger partial charge on any atom is -0.490 e. The molecule has 0 spiro atoms. The molecule has 0 radical (unpaired) electrons. The molecule has 146 valence electrons. The van der Waals surface area contributed by atoms with Crippen LogP contribution in [0.4, 0.5) is 0 Å². The maximum Gasteiger partial charge on any atom is 0.195 e. The number of carbonyl (C=O) groups is 1. The summed E-state index contributed by atoms with van der Waals surface area (Å²) in [5, 5.41) is 13.4. The number of hydrogen-bond acceptors (Lipinski definition) is 4. The first-order chi connectivity index (χ1) is 14.0. The number of aromatic amines is 1. The fourth-order valence-electron chi connectivity index (χ4n) is 4.68.